The van der Waals surface area contributed by atoms with E-state index in [0.29, 0.717) is 31.5 Å². The van der Waals surface area contributed by atoms with E-state index in [1.807, 2.05) is 19.1 Å². The number of likely N-dealkylation sites (tertiary alicyclic amines) is 1. The van der Waals surface area contributed by atoms with Crippen molar-refractivity contribution >= 4 is 17.8 Å². The average Bonchev–Trinajstić information content (AvgIpc) is 2.55. The van der Waals surface area contributed by atoms with Crippen LogP contribution in [0.2, 0.25) is 0 Å². The number of rotatable bonds is 5. The first-order valence-corrected chi connectivity index (χ1v) is 7.83. The van der Waals surface area contributed by atoms with Crippen molar-refractivity contribution in [3.63, 3.8) is 0 Å². The Morgan fingerprint density at radius 2 is 1.87 bits per heavy atom. The average molecular weight is 318 g/mol. The monoisotopic (exact) mass is 318 g/mol. The zero-order chi connectivity index (χ0) is 16.8. The van der Waals surface area contributed by atoms with Crippen LogP contribution in [0.15, 0.2) is 24.3 Å². The standard InChI is InChI=1S/C17H22N2O4/c1-12-4-2-3-5-14(12)16(21)18-9-6-15(20)19-10-7-13(8-11-19)17(22)23/h2-5,13H,6-11H2,1H3,(H,18,21)(H,22,23). The Morgan fingerprint density at radius 1 is 1.22 bits per heavy atom. The topological polar surface area (TPSA) is 86.7 Å². The largest absolute Gasteiger partial charge is 0.481 e. The quantitative estimate of drug-likeness (QED) is 0.860. The molecule has 0 radical (unpaired) electrons. The van der Waals surface area contributed by atoms with Crippen molar-refractivity contribution in [2.45, 2.75) is 26.2 Å². The van der Waals surface area contributed by atoms with E-state index in [4.69, 9.17) is 5.11 Å². The Morgan fingerprint density at radius 3 is 2.48 bits per heavy atom. The first-order chi connectivity index (χ1) is 11.0. The molecule has 2 rings (SSSR count). The molecule has 0 atom stereocenters. The molecule has 1 aromatic carbocycles. The second-order valence-corrected chi connectivity index (χ2v) is 5.81. The minimum absolute atomic E-state index is 0.0427. The second kappa shape index (κ2) is 7.76. The van der Waals surface area contributed by atoms with Gasteiger partial charge in [0, 0.05) is 31.6 Å². The van der Waals surface area contributed by atoms with Crippen LogP contribution in [0.3, 0.4) is 0 Å². The number of hydrogen-bond acceptors (Lipinski definition) is 3. The lowest BCUT2D eigenvalue weighted by Gasteiger charge is -2.30. The molecular formula is C17H22N2O4. The molecule has 1 aliphatic rings. The van der Waals surface area contributed by atoms with Gasteiger partial charge in [-0.15, -0.1) is 0 Å². The number of aryl methyl sites for hydroxylation is 1. The van der Waals surface area contributed by atoms with Crippen LogP contribution in [-0.2, 0) is 9.59 Å². The minimum atomic E-state index is -0.789. The molecule has 2 N–H and O–H groups in total. The summed E-state index contributed by atoms with van der Waals surface area (Å²) in [6, 6.07) is 7.30. The van der Waals surface area contributed by atoms with Crippen LogP contribution in [0.5, 0.6) is 0 Å². The SMILES string of the molecule is Cc1ccccc1C(=O)NCCC(=O)N1CCC(C(=O)O)CC1. The molecule has 1 saturated heterocycles. The predicted octanol–water partition coefficient (Wildman–Crippen LogP) is 1.44. The number of carbonyl (C=O) groups is 3. The maximum absolute atomic E-state index is 12.1. The summed E-state index contributed by atoms with van der Waals surface area (Å²) in [7, 11) is 0. The van der Waals surface area contributed by atoms with Gasteiger partial charge in [0.2, 0.25) is 5.91 Å². The van der Waals surface area contributed by atoms with Gasteiger partial charge >= 0.3 is 5.97 Å². The number of piperidine rings is 1. The van der Waals surface area contributed by atoms with Crippen molar-refractivity contribution in [3.8, 4) is 0 Å². The zero-order valence-electron chi connectivity index (χ0n) is 13.2. The fourth-order valence-corrected chi connectivity index (χ4v) is 2.74. The van der Waals surface area contributed by atoms with Gasteiger partial charge in [-0.1, -0.05) is 18.2 Å². The predicted molar refractivity (Wildman–Crippen MR) is 85.1 cm³/mol. The van der Waals surface area contributed by atoms with E-state index in [0.717, 1.165) is 5.56 Å². The van der Waals surface area contributed by atoms with Crippen molar-refractivity contribution in [1.82, 2.24) is 10.2 Å². The molecule has 6 nitrogen and oxygen atoms in total. The van der Waals surface area contributed by atoms with E-state index < -0.39 is 5.97 Å². The van der Waals surface area contributed by atoms with E-state index in [-0.39, 0.29) is 30.7 Å². The first-order valence-electron chi connectivity index (χ1n) is 7.83. The maximum Gasteiger partial charge on any atom is 0.306 e. The summed E-state index contributed by atoms with van der Waals surface area (Å²) in [6.07, 6.45) is 1.22. The van der Waals surface area contributed by atoms with Crippen LogP contribution in [0.4, 0.5) is 0 Å². The van der Waals surface area contributed by atoms with Gasteiger partial charge in [-0.25, -0.2) is 0 Å². The van der Waals surface area contributed by atoms with E-state index in [1.54, 1.807) is 17.0 Å². The molecule has 0 aliphatic carbocycles. The Kier molecular flexibility index (Phi) is 5.73. The van der Waals surface area contributed by atoms with E-state index >= 15 is 0 Å². The molecule has 1 heterocycles. The number of aliphatic carboxylic acids is 1. The molecule has 0 saturated carbocycles. The lowest BCUT2D eigenvalue weighted by molar-refractivity contribution is -0.145. The molecule has 0 unspecified atom stereocenters. The summed E-state index contributed by atoms with van der Waals surface area (Å²) in [5.41, 5.74) is 1.51. The molecule has 2 amide bonds. The van der Waals surface area contributed by atoms with Crippen LogP contribution in [0, 0.1) is 12.8 Å². The molecule has 124 valence electrons. The molecule has 23 heavy (non-hydrogen) atoms. The molecule has 1 aromatic rings. The van der Waals surface area contributed by atoms with Crippen molar-refractivity contribution in [1.29, 1.82) is 0 Å². The highest BCUT2D eigenvalue weighted by Crippen LogP contribution is 2.17. The third-order valence-electron chi connectivity index (χ3n) is 4.21. The molecule has 1 aliphatic heterocycles. The van der Waals surface area contributed by atoms with Crippen LogP contribution < -0.4 is 5.32 Å². The summed E-state index contributed by atoms with van der Waals surface area (Å²) in [6.45, 7) is 3.10. The minimum Gasteiger partial charge on any atom is -0.481 e. The number of hydrogen-bond donors (Lipinski definition) is 2. The summed E-state index contributed by atoms with van der Waals surface area (Å²) >= 11 is 0. The Labute approximate surface area is 135 Å². The van der Waals surface area contributed by atoms with Gasteiger partial charge in [-0.3, -0.25) is 14.4 Å². The molecule has 0 aromatic heterocycles. The number of amides is 2. The maximum atomic E-state index is 12.1. The number of nitrogens with zero attached hydrogens (tertiary/aromatic N) is 1. The molecule has 6 heteroatoms. The third kappa shape index (κ3) is 4.55. The highest BCUT2D eigenvalue weighted by Gasteiger charge is 2.26. The van der Waals surface area contributed by atoms with Crippen molar-refractivity contribution in [3.05, 3.63) is 35.4 Å². The van der Waals surface area contributed by atoms with E-state index in [9.17, 15) is 14.4 Å². The van der Waals surface area contributed by atoms with Crippen molar-refractivity contribution < 1.29 is 19.5 Å². The van der Waals surface area contributed by atoms with Gasteiger partial charge in [-0.2, -0.15) is 0 Å². The zero-order valence-corrected chi connectivity index (χ0v) is 13.2. The smallest absolute Gasteiger partial charge is 0.306 e. The number of nitrogens with one attached hydrogen (secondary N) is 1. The van der Waals surface area contributed by atoms with Crippen molar-refractivity contribution in [2.75, 3.05) is 19.6 Å². The van der Waals surface area contributed by atoms with E-state index in [2.05, 4.69) is 5.32 Å². The Balaban J connectivity index is 1.74. The summed E-state index contributed by atoms with van der Waals surface area (Å²) in [4.78, 5) is 36.7. The van der Waals surface area contributed by atoms with E-state index in [1.165, 1.54) is 0 Å². The Bertz CT molecular complexity index is 592. The van der Waals surface area contributed by atoms with Gasteiger partial charge in [0.05, 0.1) is 5.92 Å². The van der Waals surface area contributed by atoms with Crippen LogP contribution >= 0.6 is 0 Å². The molecule has 0 bridgehead atoms. The molecule has 1 fully saturated rings. The van der Waals surface area contributed by atoms with Crippen molar-refractivity contribution in [2.24, 2.45) is 5.92 Å². The fraction of sp³-hybridized carbons (Fsp3) is 0.471. The normalized spacial score (nSPS) is 15.3. The number of carbonyl (C=O) groups excluding carboxylic acids is 2. The lowest BCUT2D eigenvalue weighted by Crippen LogP contribution is -2.41. The fourth-order valence-electron chi connectivity index (χ4n) is 2.74. The van der Waals surface area contributed by atoms with Gasteiger partial charge in [0.15, 0.2) is 0 Å². The molecule has 0 spiro atoms. The van der Waals surface area contributed by atoms with Gasteiger partial charge in [0.1, 0.15) is 0 Å². The summed E-state index contributed by atoms with van der Waals surface area (Å²) in [5.74, 6) is -1.36. The first kappa shape index (κ1) is 17.0. The highest BCUT2D eigenvalue weighted by molar-refractivity contribution is 5.95. The third-order valence-corrected chi connectivity index (χ3v) is 4.21. The van der Waals surface area contributed by atoms with Gasteiger partial charge in [0.25, 0.3) is 5.91 Å². The van der Waals surface area contributed by atoms with Crippen LogP contribution in [0.1, 0.15) is 35.2 Å². The number of carboxylic acids is 1. The molecular weight excluding hydrogens is 296 g/mol. The Hall–Kier alpha value is -2.37. The highest BCUT2D eigenvalue weighted by atomic mass is 16.4. The number of carboxylic acid groups (broad SMARTS) is 1. The van der Waals surface area contributed by atoms with Crippen LogP contribution in [0.25, 0.3) is 0 Å². The van der Waals surface area contributed by atoms with Gasteiger partial charge < -0.3 is 15.3 Å². The lowest BCUT2D eigenvalue weighted by atomic mass is 9.97. The van der Waals surface area contributed by atoms with Crippen LogP contribution in [-0.4, -0.2) is 47.4 Å². The summed E-state index contributed by atoms with van der Waals surface area (Å²) < 4.78 is 0. The second-order valence-electron chi connectivity index (χ2n) is 5.81. The van der Waals surface area contributed by atoms with Gasteiger partial charge in [-0.05, 0) is 31.4 Å². The summed E-state index contributed by atoms with van der Waals surface area (Å²) in [5, 5.41) is 11.7. The number of benzene rings is 1.